The van der Waals surface area contributed by atoms with Gasteiger partial charge in [-0.2, -0.15) is 0 Å². The van der Waals surface area contributed by atoms with Crippen LogP contribution in [0.5, 0.6) is 0 Å². The Hall–Kier alpha value is -1.46. The fourth-order valence-corrected chi connectivity index (χ4v) is 2.28. The molecule has 0 radical (unpaired) electrons. The number of carbonyl (C=O) groups excluding carboxylic acids is 1. The molecule has 100 valence electrons. The highest BCUT2D eigenvalue weighted by atomic mass is 35.5. The Morgan fingerprint density at radius 1 is 1.42 bits per heavy atom. The van der Waals surface area contributed by atoms with E-state index >= 15 is 0 Å². The van der Waals surface area contributed by atoms with Gasteiger partial charge in [-0.1, -0.05) is 16.8 Å². The van der Waals surface area contributed by atoms with Crippen molar-refractivity contribution in [2.45, 2.75) is 12.7 Å². The van der Waals surface area contributed by atoms with Crippen molar-refractivity contribution in [3.8, 4) is 0 Å². The number of hydrogen-bond donors (Lipinski definition) is 1. The molecular weight excluding hydrogens is 284 g/mol. The van der Waals surface area contributed by atoms with Crippen molar-refractivity contribution in [3.63, 3.8) is 0 Å². The maximum absolute atomic E-state index is 11.7. The Bertz CT molecular complexity index is 554. The predicted molar refractivity (Wildman–Crippen MR) is 77.5 cm³/mol. The van der Waals surface area contributed by atoms with E-state index in [1.165, 1.54) is 11.8 Å². The zero-order valence-corrected chi connectivity index (χ0v) is 11.9. The molecule has 0 fully saturated rings. The second-order valence-electron chi connectivity index (χ2n) is 3.98. The summed E-state index contributed by atoms with van der Waals surface area (Å²) in [4.78, 5) is 11.7. The van der Waals surface area contributed by atoms with Crippen molar-refractivity contribution < 1.29 is 9.32 Å². The number of aryl methyl sites for hydroxylation is 1. The summed E-state index contributed by atoms with van der Waals surface area (Å²) in [6, 6.07) is 8.88. The lowest BCUT2D eigenvalue weighted by molar-refractivity contribution is -0.113. The number of thioether (sulfide) groups is 1. The number of hydrogen-bond acceptors (Lipinski definition) is 4. The van der Waals surface area contributed by atoms with Crippen molar-refractivity contribution in [1.82, 2.24) is 5.16 Å². The van der Waals surface area contributed by atoms with E-state index < -0.39 is 0 Å². The van der Waals surface area contributed by atoms with Crippen LogP contribution in [0.15, 0.2) is 34.9 Å². The number of benzene rings is 1. The van der Waals surface area contributed by atoms with Gasteiger partial charge in [0.15, 0.2) is 0 Å². The van der Waals surface area contributed by atoms with E-state index in [9.17, 15) is 4.79 Å². The van der Waals surface area contributed by atoms with Gasteiger partial charge in [-0.15, -0.1) is 11.8 Å². The minimum atomic E-state index is -0.0523. The summed E-state index contributed by atoms with van der Waals surface area (Å²) in [5.41, 5.74) is 1.59. The summed E-state index contributed by atoms with van der Waals surface area (Å²) < 4.78 is 5.06. The third-order valence-corrected chi connectivity index (χ3v) is 3.49. The number of aromatic nitrogens is 1. The van der Waals surface area contributed by atoms with Crippen molar-refractivity contribution in [2.24, 2.45) is 0 Å². The number of rotatable bonds is 5. The van der Waals surface area contributed by atoms with E-state index in [1.807, 2.05) is 13.0 Å². The molecule has 0 atom stereocenters. The molecule has 2 rings (SSSR count). The lowest BCUT2D eigenvalue weighted by Gasteiger charge is -2.04. The van der Waals surface area contributed by atoms with Gasteiger partial charge in [0.1, 0.15) is 5.76 Å². The molecular formula is C13H13ClN2O2S. The molecule has 2 aromatic rings. The van der Waals surface area contributed by atoms with Crippen LogP contribution in [0, 0.1) is 6.92 Å². The van der Waals surface area contributed by atoms with Crippen LogP contribution in [-0.4, -0.2) is 16.8 Å². The number of carbonyl (C=O) groups is 1. The molecule has 4 nitrogen and oxygen atoms in total. The molecule has 19 heavy (non-hydrogen) atoms. The summed E-state index contributed by atoms with van der Waals surface area (Å²) in [7, 11) is 0. The number of nitrogens with zero attached hydrogens (tertiary/aromatic N) is 1. The van der Waals surface area contributed by atoms with Gasteiger partial charge in [0, 0.05) is 16.8 Å². The van der Waals surface area contributed by atoms with Crippen LogP contribution in [0.25, 0.3) is 0 Å². The van der Waals surface area contributed by atoms with Crippen molar-refractivity contribution in [2.75, 3.05) is 11.1 Å². The first-order valence-electron chi connectivity index (χ1n) is 5.69. The lowest BCUT2D eigenvalue weighted by Crippen LogP contribution is -2.13. The Balaban J connectivity index is 1.74. The van der Waals surface area contributed by atoms with Gasteiger partial charge in [-0.3, -0.25) is 4.79 Å². The van der Waals surface area contributed by atoms with Gasteiger partial charge < -0.3 is 9.84 Å². The van der Waals surface area contributed by atoms with Gasteiger partial charge in [-0.25, -0.2) is 0 Å². The molecule has 0 aliphatic carbocycles. The molecule has 0 spiro atoms. The Kier molecular flexibility index (Phi) is 4.87. The molecule has 1 N–H and O–H groups in total. The predicted octanol–water partition coefficient (Wildman–Crippen LogP) is 3.51. The van der Waals surface area contributed by atoms with E-state index in [4.69, 9.17) is 16.1 Å². The van der Waals surface area contributed by atoms with E-state index in [2.05, 4.69) is 10.5 Å². The standard InChI is InChI=1S/C13H13ClN2O2S/c1-9-6-12(18-16-9)7-19-8-13(17)15-11-4-2-10(14)3-5-11/h2-6H,7-8H2,1H3,(H,15,17). The summed E-state index contributed by atoms with van der Waals surface area (Å²) in [5.74, 6) is 1.72. The van der Waals surface area contributed by atoms with Gasteiger partial charge >= 0.3 is 0 Å². The van der Waals surface area contributed by atoms with Crippen molar-refractivity contribution >= 4 is 35.0 Å². The highest BCUT2D eigenvalue weighted by molar-refractivity contribution is 7.99. The minimum absolute atomic E-state index is 0.0523. The zero-order valence-electron chi connectivity index (χ0n) is 10.4. The highest BCUT2D eigenvalue weighted by Crippen LogP contribution is 2.15. The molecule has 0 aliphatic rings. The van der Waals surface area contributed by atoms with E-state index in [-0.39, 0.29) is 5.91 Å². The molecule has 0 unspecified atom stereocenters. The van der Waals surface area contributed by atoms with Gasteiger partial charge in [0.05, 0.1) is 17.2 Å². The topological polar surface area (TPSA) is 55.1 Å². The molecule has 1 amide bonds. The lowest BCUT2D eigenvalue weighted by atomic mass is 10.3. The number of amides is 1. The summed E-state index contributed by atoms with van der Waals surface area (Å²) in [6.07, 6.45) is 0. The Morgan fingerprint density at radius 3 is 2.79 bits per heavy atom. The smallest absolute Gasteiger partial charge is 0.234 e. The molecule has 0 saturated heterocycles. The van der Waals surface area contributed by atoms with Crippen molar-refractivity contribution in [3.05, 3.63) is 46.8 Å². The third kappa shape index (κ3) is 4.61. The first kappa shape index (κ1) is 14.0. The Labute approximate surface area is 120 Å². The maximum Gasteiger partial charge on any atom is 0.234 e. The highest BCUT2D eigenvalue weighted by Gasteiger charge is 2.05. The average molecular weight is 297 g/mol. The number of halogens is 1. The summed E-state index contributed by atoms with van der Waals surface area (Å²) in [5, 5.41) is 7.23. The number of anilines is 1. The van der Waals surface area contributed by atoms with Gasteiger partial charge in [0.25, 0.3) is 0 Å². The molecule has 1 heterocycles. The van der Waals surface area contributed by atoms with Crippen LogP contribution in [0.4, 0.5) is 5.69 Å². The molecule has 0 aliphatic heterocycles. The van der Waals surface area contributed by atoms with Gasteiger partial charge in [0.2, 0.25) is 5.91 Å². The average Bonchev–Trinajstić information content (AvgIpc) is 2.78. The van der Waals surface area contributed by atoms with Crippen LogP contribution >= 0.6 is 23.4 Å². The van der Waals surface area contributed by atoms with Gasteiger partial charge in [-0.05, 0) is 31.2 Å². The molecule has 0 bridgehead atoms. The second-order valence-corrected chi connectivity index (χ2v) is 5.40. The summed E-state index contributed by atoms with van der Waals surface area (Å²) in [6.45, 7) is 1.87. The first-order valence-corrected chi connectivity index (χ1v) is 7.22. The van der Waals surface area contributed by atoms with Crippen LogP contribution in [0.3, 0.4) is 0 Å². The van der Waals surface area contributed by atoms with E-state index in [0.29, 0.717) is 16.5 Å². The Morgan fingerprint density at radius 2 is 2.16 bits per heavy atom. The number of nitrogens with one attached hydrogen (secondary N) is 1. The van der Waals surface area contributed by atoms with Crippen LogP contribution in [0.2, 0.25) is 5.02 Å². The molecule has 0 saturated carbocycles. The van der Waals surface area contributed by atoms with Crippen LogP contribution in [0.1, 0.15) is 11.5 Å². The molecule has 1 aromatic heterocycles. The molecule has 1 aromatic carbocycles. The van der Waals surface area contributed by atoms with Crippen molar-refractivity contribution in [1.29, 1.82) is 0 Å². The quantitative estimate of drug-likeness (QED) is 0.917. The van der Waals surface area contributed by atoms with Crippen LogP contribution in [-0.2, 0) is 10.5 Å². The SMILES string of the molecule is Cc1cc(CSCC(=O)Nc2ccc(Cl)cc2)on1. The minimum Gasteiger partial charge on any atom is -0.360 e. The normalized spacial score (nSPS) is 10.4. The monoisotopic (exact) mass is 296 g/mol. The zero-order chi connectivity index (χ0) is 13.7. The third-order valence-electron chi connectivity index (χ3n) is 2.28. The fraction of sp³-hybridized carbons (Fsp3) is 0.231. The van der Waals surface area contributed by atoms with Crippen LogP contribution < -0.4 is 5.32 Å². The second kappa shape index (κ2) is 6.63. The van der Waals surface area contributed by atoms with E-state index in [1.54, 1.807) is 24.3 Å². The summed E-state index contributed by atoms with van der Waals surface area (Å²) >= 11 is 7.25. The maximum atomic E-state index is 11.7. The molecule has 6 heteroatoms. The van der Waals surface area contributed by atoms with E-state index in [0.717, 1.165) is 17.1 Å². The first-order chi connectivity index (χ1) is 9.13. The fourth-order valence-electron chi connectivity index (χ4n) is 1.46. The largest absolute Gasteiger partial charge is 0.360 e.